The highest BCUT2D eigenvalue weighted by atomic mass is 35.5. The van der Waals surface area contributed by atoms with Crippen molar-refractivity contribution < 1.29 is 9.59 Å². The average Bonchev–Trinajstić information content (AvgIpc) is 3.45. The van der Waals surface area contributed by atoms with Crippen LogP contribution in [0.2, 0.25) is 5.02 Å². The highest BCUT2D eigenvalue weighted by Gasteiger charge is 2.33. The number of nitrogens with zero attached hydrogens (tertiary/aromatic N) is 2. The standard InChI is InChI=1S/C25H37ClN4O2.2ClH/c1-17-15-29(9-10-30(17)25(32)20-5-3-4-6-20)16-21-12-22(26)13-23(18(21)2)28-24(31)11-19-7-8-27-14-19;;/h12-13,17,19-20,27H,3-11,14-16H2,1-2H3,(H,28,31);2*1H. The maximum atomic E-state index is 12.9. The first kappa shape index (κ1) is 29.2. The number of carbonyl (C=O) groups excluding carboxylic acids is 2. The van der Waals surface area contributed by atoms with Gasteiger partial charge in [0.05, 0.1) is 0 Å². The average molecular weight is 534 g/mol. The van der Waals surface area contributed by atoms with Gasteiger partial charge in [-0.2, -0.15) is 0 Å². The van der Waals surface area contributed by atoms with Gasteiger partial charge in [0.2, 0.25) is 11.8 Å². The van der Waals surface area contributed by atoms with E-state index < -0.39 is 0 Å². The molecule has 192 valence electrons. The predicted molar refractivity (Wildman–Crippen MR) is 143 cm³/mol. The molecule has 1 aromatic rings. The normalized spacial score (nSPS) is 23.3. The van der Waals surface area contributed by atoms with Gasteiger partial charge in [-0.25, -0.2) is 0 Å². The zero-order chi connectivity index (χ0) is 22.7. The highest BCUT2D eigenvalue weighted by Crippen LogP contribution is 2.30. The zero-order valence-electron chi connectivity index (χ0n) is 20.3. The number of amides is 2. The van der Waals surface area contributed by atoms with Gasteiger partial charge in [-0.1, -0.05) is 24.4 Å². The summed E-state index contributed by atoms with van der Waals surface area (Å²) in [6.45, 7) is 9.42. The van der Waals surface area contributed by atoms with Crippen molar-refractivity contribution >= 4 is 53.9 Å². The Labute approximate surface area is 221 Å². The van der Waals surface area contributed by atoms with E-state index in [1.807, 2.05) is 12.1 Å². The van der Waals surface area contributed by atoms with Crippen molar-refractivity contribution in [1.29, 1.82) is 0 Å². The molecule has 2 atom stereocenters. The summed E-state index contributed by atoms with van der Waals surface area (Å²) in [7, 11) is 0. The summed E-state index contributed by atoms with van der Waals surface area (Å²) in [6.07, 6.45) is 6.09. The van der Waals surface area contributed by atoms with E-state index in [2.05, 4.69) is 34.3 Å². The van der Waals surface area contributed by atoms with Gasteiger partial charge in [0.1, 0.15) is 0 Å². The van der Waals surface area contributed by atoms with Gasteiger partial charge in [-0.05, 0) is 75.4 Å². The van der Waals surface area contributed by atoms with Crippen molar-refractivity contribution in [1.82, 2.24) is 15.1 Å². The van der Waals surface area contributed by atoms with Gasteiger partial charge in [0, 0.05) is 55.3 Å². The third kappa shape index (κ3) is 7.23. The number of benzene rings is 1. The number of rotatable bonds is 6. The third-order valence-corrected chi connectivity index (χ3v) is 7.70. The molecule has 2 saturated heterocycles. The molecule has 0 aromatic heterocycles. The summed E-state index contributed by atoms with van der Waals surface area (Å²) < 4.78 is 0. The minimum absolute atomic E-state index is 0. The topological polar surface area (TPSA) is 64.7 Å². The Morgan fingerprint density at radius 2 is 1.88 bits per heavy atom. The first-order valence-corrected chi connectivity index (χ1v) is 12.6. The lowest BCUT2D eigenvalue weighted by molar-refractivity contribution is -0.140. The van der Waals surface area contributed by atoms with E-state index in [0.717, 1.165) is 75.3 Å². The van der Waals surface area contributed by atoms with Gasteiger partial charge in [-0.15, -0.1) is 24.8 Å². The van der Waals surface area contributed by atoms with Crippen LogP contribution in [-0.2, 0) is 16.1 Å². The number of hydrogen-bond acceptors (Lipinski definition) is 4. The molecule has 0 spiro atoms. The molecule has 3 aliphatic rings. The number of nitrogens with one attached hydrogen (secondary N) is 2. The van der Waals surface area contributed by atoms with Gasteiger partial charge < -0.3 is 15.5 Å². The van der Waals surface area contributed by atoms with Crippen molar-refractivity contribution in [2.45, 2.75) is 65.0 Å². The predicted octanol–water partition coefficient (Wildman–Crippen LogP) is 4.65. The Balaban J connectivity index is 0.00000204. The van der Waals surface area contributed by atoms with Gasteiger partial charge in [0.15, 0.2) is 0 Å². The zero-order valence-corrected chi connectivity index (χ0v) is 22.7. The second kappa shape index (κ2) is 13.3. The molecule has 1 aliphatic carbocycles. The summed E-state index contributed by atoms with van der Waals surface area (Å²) in [4.78, 5) is 29.9. The van der Waals surface area contributed by atoms with Gasteiger partial charge >= 0.3 is 0 Å². The van der Waals surface area contributed by atoms with E-state index in [1.165, 1.54) is 12.8 Å². The van der Waals surface area contributed by atoms with Crippen LogP contribution in [0.1, 0.15) is 56.6 Å². The molecule has 3 fully saturated rings. The molecule has 2 N–H and O–H groups in total. The molecular formula is C25H39Cl3N4O2. The molecule has 6 nitrogen and oxygen atoms in total. The first-order chi connectivity index (χ1) is 15.4. The minimum Gasteiger partial charge on any atom is -0.337 e. The van der Waals surface area contributed by atoms with E-state index in [-0.39, 0.29) is 42.7 Å². The van der Waals surface area contributed by atoms with Crippen LogP contribution in [0.25, 0.3) is 0 Å². The molecule has 34 heavy (non-hydrogen) atoms. The molecule has 2 amide bonds. The van der Waals surface area contributed by atoms with Gasteiger partial charge in [-0.3, -0.25) is 14.5 Å². The molecule has 1 aromatic carbocycles. The number of halogens is 3. The summed E-state index contributed by atoms with van der Waals surface area (Å²) in [6, 6.07) is 4.08. The van der Waals surface area contributed by atoms with Gasteiger partial charge in [0.25, 0.3) is 0 Å². The monoisotopic (exact) mass is 532 g/mol. The first-order valence-electron chi connectivity index (χ1n) is 12.2. The quantitative estimate of drug-likeness (QED) is 0.559. The van der Waals surface area contributed by atoms with Crippen LogP contribution in [0.4, 0.5) is 5.69 Å². The lowest BCUT2D eigenvalue weighted by Gasteiger charge is -2.41. The summed E-state index contributed by atoms with van der Waals surface area (Å²) in [5.74, 6) is 1.07. The summed E-state index contributed by atoms with van der Waals surface area (Å²) in [5.41, 5.74) is 3.02. The molecule has 1 saturated carbocycles. The van der Waals surface area contributed by atoms with Crippen molar-refractivity contribution in [3.05, 3.63) is 28.3 Å². The second-order valence-corrected chi connectivity index (χ2v) is 10.4. The molecule has 2 aliphatic heterocycles. The van der Waals surface area contributed by atoms with E-state index in [4.69, 9.17) is 11.6 Å². The van der Waals surface area contributed by atoms with Crippen molar-refractivity contribution in [3.8, 4) is 0 Å². The highest BCUT2D eigenvalue weighted by molar-refractivity contribution is 6.31. The lowest BCUT2D eigenvalue weighted by Crippen LogP contribution is -2.54. The summed E-state index contributed by atoms with van der Waals surface area (Å²) in [5, 5.41) is 7.05. The molecular weight excluding hydrogens is 495 g/mol. The van der Waals surface area contributed by atoms with Crippen LogP contribution in [0.15, 0.2) is 12.1 Å². The second-order valence-electron chi connectivity index (χ2n) is 9.95. The van der Waals surface area contributed by atoms with Crippen LogP contribution in [-0.4, -0.2) is 60.4 Å². The number of carbonyl (C=O) groups is 2. The third-order valence-electron chi connectivity index (χ3n) is 7.48. The Kier molecular flexibility index (Phi) is 11.4. The fraction of sp³-hybridized carbons (Fsp3) is 0.680. The Morgan fingerprint density at radius 3 is 2.53 bits per heavy atom. The van der Waals surface area contributed by atoms with Crippen molar-refractivity contribution in [3.63, 3.8) is 0 Å². The maximum absolute atomic E-state index is 12.9. The Hall–Kier alpha value is -1.05. The number of anilines is 1. The SMILES string of the molecule is Cc1c(CN2CCN(C(=O)C3CCCC3)C(C)C2)cc(Cl)cc1NC(=O)CC1CCNC1.Cl.Cl. The number of piperazine rings is 1. The lowest BCUT2D eigenvalue weighted by atomic mass is 10.0. The minimum atomic E-state index is 0. The molecule has 4 rings (SSSR count). The summed E-state index contributed by atoms with van der Waals surface area (Å²) >= 11 is 6.43. The van der Waals surface area contributed by atoms with E-state index in [0.29, 0.717) is 23.3 Å². The van der Waals surface area contributed by atoms with Crippen LogP contribution in [0.3, 0.4) is 0 Å². The van der Waals surface area contributed by atoms with Crippen LogP contribution in [0.5, 0.6) is 0 Å². The van der Waals surface area contributed by atoms with E-state index in [9.17, 15) is 9.59 Å². The van der Waals surface area contributed by atoms with Crippen LogP contribution in [0, 0.1) is 18.8 Å². The van der Waals surface area contributed by atoms with Crippen LogP contribution < -0.4 is 10.6 Å². The van der Waals surface area contributed by atoms with Crippen LogP contribution >= 0.6 is 36.4 Å². The van der Waals surface area contributed by atoms with Crippen molar-refractivity contribution in [2.75, 3.05) is 38.0 Å². The molecule has 2 unspecified atom stereocenters. The smallest absolute Gasteiger partial charge is 0.226 e. The Morgan fingerprint density at radius 1 is 1.15 bits per heavy atom. The number of hydrogen-bond donors (Lipinski definition) is 2. The van der Waals surface area contributed by atoms with Crippen molar-refractivity contribution in [2.24, 2.45) is 11.8 Å². The molecule has 9 heteroatoms. The Bertz CT molecular complexity index is 842. The fourth-order valence-corrected chi connectivity index (χ4v) is 5.77. The molecule has 0 radical (unpaired) electrons. The maximum Gasteiger partial charge on any atom is 0.226 e. The fourth-order valence-electron chi connectivity index (χ4n) is 5.53. The van der Waals surface area contributed by atoms with E-state index >= 15 is 0 Å². The molecule has 2 heterocycles. The molecule has 0 bridgehead atoms. The largest absolute Gasteiger partial charge is 0.337 e. The van der Waals surface area contributed by atoms with E-state index in [1.54, 1.807) is 0 Å².